The molecule has 6 nitrogen and oxygen atoms in total. The molecule has 1 unspecified atom stereocenters. The van der Waals surface area contributed by atoms with E-state index in [9.17, 15) is 9.59 Å². The molecule has 100 valence electrons. The first-order chi connectivity index (χ1) is 9.13. The molecular formula is C13H14N2O4. The first-order valence-electron chi connectivity index (χ1n) is 6.09. The number of rotatable bonds is 3. The first-order valence-corrected chi connectivity index (χ1v) is 6.09. The molecule has 2 aliphatic rings. The summed E-state index contributed by atoms with van der Waals surface area (Å²) in [6.07, 6.45) is 0.208. The van der Waals surface area contributed by atoms with E-state index in [4.69, 9.17) is 15.2 Å². The molecule has 6 heteroatoms. The molecule has 1 saturated heterocycles. The molecule has 1 fully saturated rings. The number of nitrogens with two attached hydrogens (primary N) is 1. The number of benzene rings is 1. The number of carbonyl (C=O) groups excluding carboxylic acids is 2. The van der Waals surface area contributed by atoms with Crippen LogP contribution in [0.15, 0.2) is 18.2 Å². The zero-order valence-electron chi connectivity index (χ0n) is 10.3. The molecule has 0 saturated carbocycles. The van der Waals surface area contributed by atoms with Gasteiger partial charge in [-0.05, 0) is 17.7 Å². The highest BCUT2D eigenvalue weighted by Gasteiger charge is 2.33. The topological polar surface area (TPSA) is 81.9 Å². The van der Waals surface area contributed by atoms with Gasteiger partial charge in [0.25, 0.3) is 0 Å². The third-order valence-electron chi connectivity index (χ3n) is 3.43. The summed E-state index contributed by atoms with van der Waals surface area (Å²) in [4.78, 5) is 24.5. The Balaban J connectivity index is 1.72. The number of nitrogens with zero attached hydrogens (tertiary/aromatic N) is 1. The minimum Gasteiger partial charge on any atom is -0.454 e. The van der Waals surface area contributed by atoms with Crippen LogP contribution in [0.2, 0.25) is 0 Å². The molecule has 1 aromatic rings. The lowest BCUT2D eigenvalue weighted by molar-refractivity contribution is -0.128. The van der Waals surface area contributed by atoms with Crippen molar-refractivity contribution >= 4 is 11.8 Å². The van der Waals surface area contributed by atoms with E-state index in [0.29, 0.717) is 24.6 Å². The average Bonchev–Trinajstić information content (AvgIpc) is 2.96. The van der Waals surface area contributed by atoms with E-state index >= 15 is 0 Å². The summed E-state index contributed by atoms with van der Waals surface area (Å²) in [5, 5.41) is 0. The molecule has 2 aliphatic heterocycles. The molecule has 3 rings (SSSR count). The van der Waals surface area contributed by atoms with Gasteiger partial charge in [0.1, 0.15) is 0 Å². The summed E-state index contributed by atoms with van der Waals surface area (Å²) in [6, 6.07) is 5.56. The van der Waals surface area contributed by atoms with E-state index < -0.39 is 5.91 Å². The van der Waals surface area contributed by atoms with Crippen molar-refractivity contribution in [3.8, 4) is 11.5 Å². The van der Waals surface area contributed by atoms with E-state index in [1.807, 2.05) is 18.2 Å². The molecule has 2 N–H and O–H groups in total. The number of likely N-dealkylation sites (tertiary alicyclic amines) is 1. The van der Waals surface area contributed by atoms with Gasteiger partial charge in [-0.25, -0.2) is 0 Å². The lowest BCUT2D eigenvalue weighted by Crippen LogP contribution is -2.28. The van der Waals surface area contributed by atoms with Crippen molar-refractivity contribution in [2.75, 3.05) is 13.3 Å². The van der Waals surface area contributed by atoms with Crippen molar-refractivity contribution in [3.63, 3.8) is 0 Å². The predicted octanol–water partition coefficient (Wildman–Crippen LogP) is 0.249. The number of fused-ring (bicyclic) bond motifs is 1. The Morgan fingerprint density at radius 2 is 2.16 bits per heavy atom. The molecule has 1 atom stereocenters. The molecule has 0 aromatic heterocycles. The lowest BCUT2D eigenvalue weighted by Gasteiger charge is -2.16. The third-order valence-corrected chi connectivity index (χ3v) is 3.43. The number of hydrogen-bond donors (Lipinski definition) is 1. The van der Waals surface area contributed by atoms with E-state index in [2.05, 4.69) is 0 Å². The maximum Gasteiger partial charge on any atom is 0.231 e. The van der Waals surface area contributed by atoms with Crippen molar-refractivity contribution in [1.29, 1.82) is 0 Å². The number of hydrogen-bond acceptors (Lipinski definition) is 4. The van der Waals surface area contributed by atoms with Crippen LogP contribution in [0, 0.1) is 5.92 Å². The first kappa shape index (κ1) is 11.8. The standard InChI is InChI=1S/C13H14N2O4/c14-13(17)9-4-12(16)15(6-9)5-8-1-2-10-11(3-8)19-7-18-10/h1-3,9H,4-7H2,(H2,14,17). The van der Waals surface area contributed by atoms with E-state index in [-0.39, 0.29) is 25.0 Å². The molecule has 1 aromatic carbocycles. The van der Waals surface area contributed by atoms with Gasteiger partial charge < -0.3 is 20.1 Å². The molecule has 2 heterocycles. The largest absolute Gasteiger partial charge is 0.454 e. The van der Waals surface area contributed by atoms with Crippen LogP contribution in [0.4, 0.5) is 0 Å². The van der Waals surface area contributed by atoms with Crippen LogP contribution in [-0.2, 0) is 16.1 Å². The predicted molar refractivity (Wildman–Crippen MR) is 65.3 cm³/mol. The lowest BCUT2D eigenvalue weighted by atomic mass is 10.1. The molecule has 0 aliphatic carbocycles. The van der Waals surface area contributed by atoms with Crippen LogP contribution in [0.25, 0.3) is 0 Å². The minimum atomic E-state index is -0.415. The van der Waals surface area contributed by atoms with Crippen molar-refractivity contribution in [2.24, 2.45) is 11.7 Å². The van der Waals surface area contributed by atoms with Gasteiger partial charge in [0.15, 0.2) is 11.5 Å². The molecule has 0 radical (unpaired) electrons. The van der Waals surface area contributed by atoms with E-state index in [1.54, 1.807) is 4.90 Å². The quantitative estimate of drug-likeness (QED) is 0.846. The van der Waals surface area contributed by atoms with Gasteiger partial charge in [0.2, 0.25) is 18.6 Å². The second-order valence-electron chi connectivity index (χ2n) is 4.77. The maximum atomic E-state index is 11.8. The SMILES string of the molecule is NC(=O)C1CC(=O)N(Cc2ccc3c(c2)OCO3)C1. The number of carbonyl (C=O) groups is 2. The zero-order valence-corrected chi connectivity index (χ0v) is 10.3. The Hall–Kier alpha value is -2.24. The Morgan fingerprint density at radius 3 is 2.89 bits per heavy atom. The molecule has 0 bridgehead atoms. The fourth-order valence-electron chi connectivity index (χ4n) is 2.38. The minimum absolute atomic E-state index is 0.0403. The highest BCUT2D eigenvalue weighted by Crippen LogP contribution is 2.33. The van der Waals surface area contributed by atoms with Gasteiger partial charge in [-0.2, -0.15) is 0 Å². The fraction of sp³-hybridized carbons (Fsp3) is 0.385. The Kier molecular flexibility index (Phi) is 2.77. The maximum absolute atomic E-state index is 11.8. The van der Waals surface area contributed by atoms with Crippen LogP contribution in [-0.4, -0.2) is 30.1 Å². The van der Waals surface area contributed by atoms with Crippen LogP contribution in [0.3, 0.4) is 0 Å². The summed E-state index contributed by atoms with van der Waals surface area (Å²) in [5.41, 5.74) is 6.18. The summed E-state index contributed by atoms with van der Waals surface area (Å²) in [5.74, 6) is 0.576. The van der Waals surface area contributed by atoms with Crippen molar-refractivity contribution in [2.45, 2.75) is 13.0 Å². The monoisotopic (exact) mass is 262 g/mol. The van der Waals surface area contributed by atoms with Crippen LogP contribution < -0.4 is 15.2 Å². The van der Waals surface area contributed by atoms with Gasteiger partial charge in [-0.3, -0.25) is 9.59 Å². The number of ether oxygens (including phenoxy) is 2. The Bertz CT molecular complexity index is 543. The summed E-state index contributed by atoms with van der Waals surface area (Å²) in [6.45, 7) is 1.08. The fourth-order valence-corrected chi connectivity index (χ4v) is 2.38. The smallest absolute Gasteiger partial charge is 0.231 e. The molecular weight excluding hydrogens is 248 g/mol. The van der Waals surface area contributed by atoms with E-state index in [1.165, 1.54) is 0 Å². The van der Waals surface area contributed by atoms with Crippen molar-refractivity contribution in [3.05, 3.63) is 23.8 Å². The summed E-state index contributed by atoms with van der Waals surface area (Å²) in [7, 11) is 0. The van der Waals surface area contributed by atoms with Gasteiger partial charge in [0, 0.05) is 19.5 Å². The Labute approximate surface area is 110 Å². The van der Waals surface area contributed by atoms with Gasteiger partial charge in [-0.1, -0.05) is 6.07 Å². The Morgan fingerprint density at radius 1 is 1.37 bits per heavy atom. The van der Waals surface area contributed by atoms with Crippen LogP contribution in [0.5, 0.6) is 11.5 Å². The third kappa shape index (κ3) is 2.21. The second kappa shape index (κ2) is 4.46. The van der Waals surface area contributed by atoms with Crippen LogP contribution >= 0.6 is 0 Å². The second-order valence-corrected chi connectivity index (χ2v) is 4.77. The highest BCUT2D eigenvalue weighted by molar-refractivity contribution is 5.88. The van der Waals surface area contributed by atoms with Gasteiger partial charge in [0.05, 0.1) is 5.92 Å². The zero-order chi connectivity index (χ0) is 13.4. The average molecular weight is 262 g/mol. The molecule has 0 spiro atoms. The molecule has 19 heavy (non-hydrogen) atoms. The number of amides is 2. The van der Waals surface area contributed by atoms with Gasteiger partial charge in [-0.15, -0.1) is 0 Å². The normalized spacial score (nSPS) is 20.9. The summed E-state index contributed by atoms with van der Waals surface area (Å²) >= 11 is 0. The van der Waals surface area contributed by atoms with Crippen molar-refractivity contribution < 1.29 is 19.1 Å². The highest BCUT2D eigenvalue weighted by atomic mass is 16.7. The number of primary amides is 1. The van der Waals surface area contributed by atoms with Crippen molar-refractivity contribution in [1.82, 2.24) is 4.90 Å². The summed E-state index contributed by atoms with van der Waals surface area (Å²) < 4.78 is 10.5. The van der Waals surface area contributed by atoms with E-state index in [0.717, 1.165) is 5.56 Å². The molecule has 2 amide bonds. The van der Waals surface area contributed by atoms with Gasteiger partial charge >= 0.3 is 0 Å². The van der Waals surface area contributed by atoms with Crippen LogP contribution in [0.1, 0.15) is 12.0 Å².